The van der Waals surface area contributed by atoms with Gasteiger partial charge < -0.3 is 15.0 Å². The fraction of sp³-hybridized carbons (Fsp3) is 0.625. The van der Waals surface area contributed by atoms with E-state index in [1.165, 1.54) is 24.0 Å². The minimum absolute atomic E-state index is 0.459. The molecule has 2 unspecified atom stereocenters. The molecule has 2 heterocycles. The first-order valence-corrected chi connectivity index (χ1v) is 7.41. The number of ether oxygens (including phenoxy) is 1. The molecule has 1 aromatic rings. The molecule has 1 saturated heterocycles. The van der Waals surface area contributed by atoms with Crippen molar-refractivity contribution in [3.05, 3.63) is 35.4 Å². The first kappa shape index (κ1) is 13.1. The third-order valence-corrected chi connectivity index (χ3v) is 4.24. The quantitative estimate of drug-likeness (QED) is 0.893. The van der Waals surface area contributed by atoms with Crippen molar-refractivity contribution in [2.24, 2.45) is 0 Å². The van der Waals surface area contributed by atoms with Gasteiger partial charge in [-0.15, -0.1) is 0 Å². The predicted molar refractivity (Wildman–Crippen MR) is 77.2 cm³/mol. The van der Waals surface area contributed by atoms with Gasteiger partial charge >= 0.3 is 0 Å². The van der Waals surface area contributed by atoms with Crippen molar-refractivity contribution in [3.63, 3.8) is 0 Å². The summed E-state index contributed by atoms with van der Waals surface area (Å²) in [5, 5.41) is 3.65. The third-order valence-electron chi connectivity index (χ3n) is 4.24. The summed E-state index contributed by atoms with van der Waals surface area (Å²) in [5.41, 5.74) is 2.97. The Bertz CT molecular complexity index is 415. The molecule has 0 aromatic heterocycles. The fourth-order valence-electron chi connectivity index (χ4n) is 3.24. The molecule has 2 aliphatic heterocycles. The van der Waals surface area contributed by atoms with E-state index in [9.17, 15) is 0 Å². The summed E-state index contributed by atoms with van der Waals surface area (Å²) in [6, 6.07) is 9.35. The van der Waals surface area contributed by atoms with Gasteiger partial charge in [0.15, 0.2) is 0 Å². The van der Waals surface area contributed by atoms with Crippen molar-refractivity contribution >= 4 is 0 Å². The first-order valence-electron chi connectivity index (χ1n) is 7.41. The molecule has 104 valence electrons. The standard InChI is InChI=1S/C16H24N2O/c1-18(12-16-7-4-8-19-16)11-15-9-13-5-2-3-6-14(13)10-17-15/h2-3,5-6,15-17H,4,7-12H2,1H3. The Labute approximate surface area is 115 Å². The average Bonchev–Trinajstić information content (AvgIpc) is 2.91. The monoisotopic (exact) mass is 260 g/mol. The van der Waals surface area contributed by atoms with E-state index in [-0.39, 0.29) is 0 Å². The molecule has 3 heteroatoms. The van der Waals surface area contributed by atoms with Crippen LogP contribution in [0.15, 0.2) is 24.3 Å². The number of hydrogen-bond acceptors (Lipinski definition) is 3. The maximum atomic E-state index is 5.71. The van der Waals surface area contributed by atoms with Gasteiger partial charge in [-0.2, -0.15) is 0 Å². The van der Waals surface area contributed by atoms with Gasteiger partial charge in [0.1, 0.15) is 0 Å². The molecule has 0 saturated carbocycles. The summed E-state index contributed by atoms with van der Waals surface area (Å²) >= 11 is 0. The topological polar surface area (TPSA) is 24.5 Å². The molecule has 3 rings (SSSR count). The van der Waals surface area contributed by atoms with Crippen LogP contribution >= 0.6 is 0 Å². The van der Waals surface area contributed by atoms with Crippen LogP contribution in [0.5, 0.6) is 0 Å². The Morgan fingerprint density at radius 1 is 1.26 bits per heavy atom. The van der Waals surface area contributed by atoms with Crippen molar-refractivity contribution in [1.82, 2.24) is 10.2 Å². The lowest BCUT2D eigenvalue weighted by atomic mass is 9.95. The Balaban J connectivity index is 1.51. The molecular weight excluding hydrogens is 236 g/mol. The average molecular weight is 260 g/mol. The molecule has 0 amide bonds. The zero-order chi connectivity index (χ0) is 13.1. The smallest absolute Gasteiger partial charge is 0.0702 e. The highest BCUT2D eigenvalue weighted by molar-refractivity contribution is 5.29. The zero-order valence-electron chi connectivity index (χ0n) is 11.8. The molecule has 3 nitrogen and oxygen atoms in total. The van der Waals surface area contributed by atoms with Crippen LogP contribution in [0, 0.1) is 0 Å². The second-order valence-corrected chi connectivity index (χ2v) is 5.91. The Morgan fingerprint density at radius 2 is 2.11 bits per heavy atom. The summed E-state index contributed by atoms with van der Waals surface area (Å²) in [5.74, 6) is 0. The molecular formula is C16H24N2O. The van der Waals surface area contributed by atoms with Crippen molar-refractivity contribution in [2.75, 3.05) is 26.7 Å². The molecule has 0 bridgehead atoms. The van der Waals surface area contributed by atoms with E-state index in [2.05, 4.69) is 41.5 Å². The lowest BCUT2D eigenvalue weighted by molar-refractivity contribution is 0.0781. The highest BCUT2D eigenvalue weighted by Crippen LogP contribution is 2.17. The predicted octanol–water partition coefficient (Wildman–Crippen LogP) is 1.81. The highest BCUT2D eigenvalue weighted by Gasteiger charge is 2.21. The second kappa shape index (κ2) is 6.04. The number of nitrogens with zero attached hydrogens (tertiary/aromatic N) is 1. The van der Waals surface area contributed by atoms with Crippen LogP contribution in [0.25, 0.3) is 0 Å². The normalized spacial score (nSPS) is 26.6. The van der Waals surface area contributed by atoms with E-state index in [1.54, 1.807) is 0 Å². The van der Waals surface area contributed by atoms with Gasteiger partial charge in [0, 0.05) is 32.3 Å². The summed E-state index contributed by atoms with van der Waals surface area (Å²) < 4.78 is 5.71. The van der Waals surface area contributed by atoms with E-state index >= 15 is 0 Å². The third kappa shape index (κ3) is 3.35. The van der Waals surface area contributed by atoms with E-state index < -0.39 is 0 Å². The molecule has 2 aliphatic rings. The van der Waals surface area contributed by atoms with Crippen LogP contribution in [0.2, 0.25) is 0 Å². The number of nitrogens with one attached hydrogen (secondary N) is 1. The second-order valence-electron chi connectivity index (χ2n) is 5.91. The molecule has 1 aromatic carbocycles. The van der Waals surface area contributed by atoms with Crippen LogP contribution in [0.3, 0.4) is 0 Å². The SMILES string of the molecule is CN(CC1Cc2ccccc2CN1)CC1CCCO1. The number of likely N-dealkylation sites (N-methyl/N-ethyl adjacent to an activating group) is 1. The number of hydrogen-bond donors (Lipinski definition) is 1. The lowest BCUT2D eigenvalue weighted by Gasteiger charge is -2.30. The van der Waals surface area contributed by atoms with Crippen molar-refractivity contribution in [1.29, 1.82) is 0 Å². The van der Waals surface area contributed by atoms with E-state index in [4.69, 9.17) is 4.74 Å². The minimum atomic E-state index is 0.459. The Hall–Kier alpha value is -0.900. The summed E-state index contributed by atoms with van der Waals surface area (Å²) in [4.78, 5) is 2.42. The van der Waals surface area contributed by atoms with E-state index in [0.717, 1.165) is 32.7 Å². The molecule has 0 spiro atoms. The summed E-state index contributed by atoms with van der Waals surface area (Å²) in [7, 11) is 2.21. The minimum Gasteiger partial charge on any atom is -0.377 e. The number of rotatable bonds is 4. The Morgan fingerprint density at radius 3 is 2.89 bits per heavy atom. The van der Waals surface area contributed by atoms with Gasteiger partial charge in [-0.25, -0.2) is 0 Å². The summed E-state index contributed by atoms with van der Waals surface area (Å²) in [6.45, 7) is 4.14. The molecule has 0 aliphatic carbocycles. The zero-order valence-corrected chi connectivity index (χ0v) is 11.8. The fourth-order valence-corrected chi connectivity index (χ4v) is 3.24. The van der Waals surface area contributed by atoms with Crippen LogP contribution in [-0.2, 0) is 17.7 Å². The first-order chi connectivity index (χ1) is 9.31. The largest absolute Gasteiger partial charge is 0.377 e. The van der Waals surface area contributed by atoms with Crippen molar-refractivity contribution in [2.45, 2.75) is 38.0 Å². The van der Waals surface area contributed by atoms with Crippen molar-refractivity contribution in [3.8, 4) is 0 Å². The number of fused-ring (bicyclic) bond motifs is 1. The van der Waals surface area contributed by atoms with Crippen LogP contribution in [0.4, 0.5) is 0 Å². The maximum Gasteiger partial charge on any atom is 0.0702 e. The highest BCUT2D eigenvalue weighted by atomic mass is 16.5. The van der Waals surface area contributed by atoms with E-state index in [0.29, 0.717) is 12.1 Å². The van der Waals surface area contributed by atoms with Gasteiger partial charge in [0.05, 0.1) is 6.10 Å². The molecule has 1 N–H and O–H groups in total. The van der Waals surface area contributed by atoms with Gasteiger partial charge in [0.25, 0.3) is 0 Å². The van der Waals surface area contributed by atoms with Gasteiger partial charge in [0.2, 0.25) is 0 Å². The lowest BCUT2D eigenvalue weighted by Crippen LogP contribution is -2.45. The molecule has 1 fully saturated rings. The van der Waals surface area contributed by atoms with Crippen LogP contribution in [0.1, 0.15) is 24.0 Å². The number of benzene rings is 1. The maximum absolute atomic E-state index is 5.71. The molecule has 0 radical (unpaired) electrons. The molecule has 2 atom stereocenters. The summed E-state index contributed by atoms with van der Waals surface area (Å²) in [6.07, 6.45) is 4.06. The van der Waals surface area contributed by atoms with Crippen LogP contribution < -0.4 is 5.32 Å². The van der Waals surface area contributed by atoms with Crippen molar-refractivity contribution < 1.29 is 4.74 Å². The van der Waals surface area contributed by atoms with E-state index in [1.807, 2.05) is 0 Å². The van der Waals surface area contributed by atoms with Gasteiger partial charge in [-0.05, 0) is 37.4 Å². The Kier molecular flexibility index (Phi) is 4.16. The molecule has 19 heavy (non-hydrogen) atoms. The van der Waals surface area contributed by atoms with Crippen LogP contribution in [-0.4, -0.2) is 43.8 Å². The van der Waals surface area contributed by atoms with Gasteiger partial charge in [-0.3, -0.25) is 0 Å². The van der Waals surface area contributed by atoms with Gasteiger partial charge in [-0.1, -0.05) is 24.3 Å².